The van der Waals surface area contributed by atoms with Crippen LogP contribution in [0.5, 0.6) is 0 Å². The summed E-state index contributed by atoms with van der Waals surface area (Å²) in [5.74, 6) is 0. The highest BCUT2D eigenvalue weighted by Crippen LogP contribution is 2.21. The van der Waals surface area contributed by atoms with Gasteiger partial charge in [-0.05, 0) is 45.7 Å². The van der Waals surface area contributed by atoms with Crippen LogP contribution in [-0.4, -0.2) is 44.1 Å². The Bertz CT molecular complexity index is 505. The average molecular weight is 310 g/mol. The van der Waals surface area contributed by atoms with Crippen LogP contribution in [0.2, 0.25) is 0 Å². The molecule has 0 spiro atoms. The summed E-state index contributed by atoms with van der Waals surface area (Å²) in [6.07, 6.45) is 2.79. The van der Waals surface area contributed by atoms with E-state index in [1.54, 1.807) is 17.2 Å². The maximum absolute atomic E-state index is 12.4. The monoisotopic (exact) mass is 310 g/mol. The normalized spacial score (nSPS) is 18.3. The predicted octanol–water partition coefficient (Wildman–Crippen LogP) is 2.59. The average Bonchev–Trinajstić information content (AvgIpc) is 2.46. The highest BCUT2D eigenvalue weighted by Gasteiger charge is 2.30. The predicted molar refractivity (Wildman–Crippen MR) is 81.5 cm³/mol. The fraction of sp³-hybridized carbons (Fsp3) is 0.600. The van der Waals surface area contributed by atoms with Crippen LogP contribution in [0.1, 0.15) is 33.6 Å². The molecule has 116 valence electrons. The number of aromatic nitrogens is 1. The lowest BCUT2D eigenvalue weighted by atomic mass is 10.1. The van der Waals surface area contributed by atoms with Crippen molar-refractivity contribution in [1.29, 1.82) is 0 Å². The lowest BCUT2D eigenvalue weighted by Crippen LogP contribution is -2.43. The first-order chi connectivity index (χ1) is 9.87. The lowest BCUT2D eigenvalue weighted by Gasteiger charge is -2.32. The molecule has 0 radical (unpaired) electrons. The van der Waals surface area contributed by atoms with E-state index in [2.05, 4.69) is 4.98 Å². The van der Waals surface area contributed by atoms with Gasteiger partial charge in [-0.2, -0.15) is 0 Å². The molecule has 1 atom stereocenters. The van der Waals surface area contributed by atoms with Crippen LogP contribution in [0.4, 0.5) is 4.79 Å². The molecule has 1 aliphatic rings. The van der Waals surface area contributed by atoms with Gasteiger partial charge < -0.3 is 9.64 Å². The van der Waals surface area contributed by atoms with Crippen molar-refractivity contribution >= 4 is 16.9 Å². The van der Waals surface area contributed by atoms with Crippen molar-refractivity contribution in [2.45, 2.75) is 49.5 Å². The van der Waals surface area contributed by atoms with E-state index in [0.29, 0.717) is 31.0 Å². The van der Waals surface area contributed by atoms with E-state index in [4.69, 9.17) is 4.74 Å². The van der Waals surface area contributed by atoms with Crippen molar-refractivity contribution in [2.75, 3.05) is 13.1 Å². The number of rotatable bonds is 2. The first-order valence-electron chi connectivity index (χ1n) is 7.16. The SMILES string of the molecule is CC(C)(C)OC(=O)N1CCC([S@@](=O)c2ccccn2)CC1. The van der Waals surface area contributed by atoms with E-state index in [1.807, 2.05) is 32.9 Å². The molecule has 0 unspecified atom stereocenters. The minimum Gasteiger partial charge on any atom is -0.444 e. The number of nitrogens with zero attached hydrogens (tertiary/aromatic N) is 2. The van der Waals surface area contributed by atoms with Crippen LogP contribution in [0.3, 0.4) is 0 Å². The molecule has 0 aromatic carbocycles. The third-order valence-electron chi connectivity index (χ3n) is 3.24. The van der Waals surface area contributed by atoms with Crippen LogP contribution in [0, 0.1) is 0 Å². The number of piperidine rings is 1. The molecule has 0 saturated carbocycles. The van der Waals surface area contributed by atoms with Crippen LogP contribution >= 0.6 is 0 Å². The van der Waals surface area contributed by atoms with Gasteiger partial charge >= 0.3 is 6.09 Å². The molecule has 21 heavy (non-hydrogen) atoms. The number of hydrogen-bond acceptors (Lipinski definition) is 4. The molecular weight excluding hydrogens is 288 g/mol. The first-order valence-corrected chi connectivity index (χ1v) is 8.37. The Morgan fingerprint density at radius 3 is 2.52 bits per heavy atom. The number of ether oxygens (including phenoxy) is 1. The number of carbonyl (C=O) groups excluding carboxylic acids is 1. The number of hydrogen-bond donors (Lipinski definition) is 0. The zero-order valence-corrected chi connectivity index (χ0v) is 13.6. The molecule has 5 nitrogen and oxygen atoms in total. The summed E-state index contributed by atoms with van der Waals surface area (Å²) in [5.41, 5.74) is -0.481. The van der Waals surface area contributed by atoms with Crippen molar-refractivity contribution in [3.8, 4) is 0 Å². The smallest absolute Gasteiger partial charge is 0.410 e. The van der Waals surface area contributed by atoms with Gasteiger partial charge in [-0.3, -0.25) is 4.21 Å². The maximum Gasteiger partial charge on any atom is 0.410 e. The molecule has 1 amide bonds. The fourth-order valence-electron chi connectivity index (χ4n) is 2.22. The third-order valence-corrected chi connectivity index (χ3v) is 4.97. The zero-order valence-electron chi connectivity index (χ0n) is 12.7. The molecule has 1 aromatic heterocycles. The van der Waals surface area contributed by atoms with Gasteiger partial charge in [0.2, 0.25) is 0 Å². The summed E-state index contributed by atoms with van der Waals surface area (Å²) in [6, 6.07) is 5.44. The zero-order chi connectivity index (χ0) is 15.5. The summed E-state index contributed by atoms with van der Waals surface area (Å²) in [5, 5.41) is 0.673. The molecule has 1 aromatic rings. The van der Waals surface area contributed by atoms with Crippen molar-refractivity contribution in [3.05, 3.63) is 24.4 Å². The summed E-state index contributed by atoms with van der Waals surface area (Å²) >= 11 is 0. The topological polar surface area (TPSA) is 59.5 Å². The number of amides is 1. The summed E-state index contributed by atoms with van der Waals surface area (Å²) in [7, 11) is -1.11. The van der Waals surface area contributed by atoms with E-state index in [1.165, 1.54) is 0 Å². The van der Waals surface area contributed by atoms with Crippen LogP contribution < -0.4 is 0 Å². The fourth-order valence-corrected chi connectivity index (χ4v) is 3.57. The van der Waals surface area contributed by atoms with E-state index < -0.39 is 16.4 Å². The second-order valence-corrected chi connectivity index (χ2v) is 7.81. The quantitative estimate of drug-likeness (QED) is 0.842. The van der Waals surface area contributed by atoms with Gasteiger partial charge in [0, 0.05) is 24.5 Å². The van der Waals surface area contributed by atoms with E-state index in [-0.39, 0.29) is 11.3 Å². The molecule has 1 saturated heterocycles. The number of likely N-dealkylation sites (tertiary alicyclic amines) is 1. The molecule has 0 bridgehead atoms. The Kier molecular flexibility index (Phi) is 4.98. The van der Waals surface area contributed by atoms with Crippen LogP contribution in [-0.2, 0) is 15.5 Å². The summed E-state index contributed by atoms with van der Waals surface area (Å²) in [6.45, 7) is 6.73. The van der Waals surface area contributed by atoms with Crippen LogP contribution in [0.25, 0.3) is 0 Å². The third kappa shape index (κ3) is 4.52. The Hall–Kier alpha value is -1.43. The Morgan fingerprint density at radius 1 is 1.33 bits per heavy atom. The second-order valence-electron chi connectivity index (χ2n) is 6.13. The van der Waals surface area contributed by atoms with Gasteiger partial charge in [-0.1, -0.05) is 6.07 Å². The first kappa shape index (κ1) is 15.9. The van der Waals surface area contributed by atoms with Gasteiger partial charge in [0.25, 0.3) is 0 Å². The molecule has 1 fully saturated rings. The lowest BCUT2D eigenvalue weighted by molar-refractivity contribution is 0.0218. The van der Waals surface area contributed by atoms with Crippen molar-refractivity contribution in [2.24, 2.45) is 0 Å². The van der Waals surface area contributed by atoms with Crippen molar-refractivity contribution in [1.82, 2.24) is 9.88 Å². The highest BCUT2D eigenvalue weighted by molar-refractivity contribution is 7.85. The second kappa shape index (κ2) is 6.56. The van der Waals surface area contributed by atoms with Gasteiger partial charge in [0.05, 0.1) is 10.8 Å². The molecule has 1 aliphatic heterocycles. The summed E-state index contributed by atoms with van der Waals surface area (Å²) in [4.78, 5) is 17.8. The molecule has 2 heterocycles. The molecule has 2 rings (SSSR count). The maximum atomic E-state index is 12.4. The van der Waals surface area contributed by atoms with E-state index >= 15 is 0 Å². The molecule has 0 N–H and O–H groups in total. The van der Waals surface area contributed by atoms with Crippen molar-refractivity contribution < 1.29 is 13.7 Å². The van der Waals surface area contributed by atoms with Gasteiger partial charge in [0.1, 0.15) is 10.6 Å². The van der Waals surface area contributed by atoms with Gasteiger partial charge in [0.15, 0.2) is 0 Å². The molecular formula is C15H22N2O3S. The van der Waals surface area contributed by atoms with Gasteiger partial charge in [-0.15, -0.1) is 0 Å². The van der Waals surface area contributed by atoms with E-state index in [0.717, 1.165) is 0 Å². The molecule has 6 heteroatoms. The number of carbonyl (C=O) groups is 1. The largest absolute Gasteiger partial charge is 0.444 e. The highest BCUT2D eigenvalue weighted by atomic mass is 32.2. The van der Waals surface area contributed by atoms with Crippen molar-refractivity contribution in [3.63, 3.8) is 0 Å². The number of pyridine rings is 1. The standard InChI is InChI=1S/C15H22N2O3S/c1-15(2,3)20-14(18)17-10-7-12(8-11-17)21(19)13-6-4-5-9-16-13/h4-6,9,12H,7-8,10-11H2,1-3H3/t21-/m1/s1. The summed E-state index contributed by atoms with van der Waals surface area (Å²) < 4.78 is 17.8. The Morgan fingerprint density at radius 2 is 2.00 bits per heavy atom. The molecule has 0 aliphatic carbocycles. The minimum absolute atomic E-state index is 0.0542. The Balaban J connectivity index is 1.89. The van der Waals surface area contributed by atoms with E-state index in [9.17, 15) is 9.00 Å². The Labute approximate surface area is 128 Å². The van der Waals surface area contributed by atoms with Crippen LogP contribution in [0.15, 0.2) is 29.4 Å². The van der Waals surface area contributed by atoms with Gasteiger partial charge in [-0.25, -0.2) is 9.78 Å². The minimum atomic E-state index is -1.11.